The summed E-state index contributed by atoms with van der Waals surface area (Å²) >= 11 is 0. The first-order chi connectivity index (χ1) is 8.58. The highest BCUT2D eigenvalue weighted by molar-refractivity contribution is 5.76. The maximum Gasteiger partial charge on any atom is 0.220 e. The van der Waals surface area contributed by atoms with Crippen LogP contribution in [-0.2, 0) is 9.53 Å². The van der Waals surface area contributed by atoms with Gasteiger partial charge in [0, 0.05) is 32.1 Å². The van der Waals surface area contributed by atoms with Crippen LogP contribution < -0.4 is 5.32 Å². The van der Waals surface area contributed by atoms with E-state index in [1.165, 1.54) is 0 Å². The molecule has 0 aromatic rings. The molecule has 1 atom stereocenters. The van der Waals surface area contributed by atoms with Gasteiger partial charge < -0.3 is 10.1 Å². The van der Waals surface area contributed by atoms with Crippen molar-refractivity contribution >= 4 is 5.91 Å². The van der Waals surface area contributed by atoms with E-state index in [9.17, 15) is 4.79 Å². The number of hydrogen-bond acceptors (Lipinski definition) is 3. The number of ether oxygens (including phenoxy) is 1. The Balaban J connectivity index is 2.08. The van der Waals surface area contributed by atoms with Crippen LogP contribution in [0.2, 0.25) is 0 Å². The van der Waals surface area contributed by atoms with Crippen molar-refractivity contribution in [3.63, 3.8) is 0 Å². The van der Waals surface area contributed by atoms with Gasteiger partial charge in [0.15, 0.2) is 0 Å². The van der Waals surface area contributed by atoms with Gasteiger partial charge in [-0.05, 0) is 25.7 Å². The predicted molar refractivity (Wildman–Crippen MR) is 73.6 cm³/mol. The molecular weight excluding hydrogens is 228 g/mol. The average Bonchev–Trinajstić information content (AvgIpc) is 2.35. The lowest BCUT2D eigenvalue weighted by Gasteiger charge is -2.27. The fourth-order valence-electron chi connectivity index (χ4n) is 2.04. The largest absolute Gasteiger partial charge is 0.379 e. The lowest BCUT2D eigenvalue weighted by molar-refractivity contribution is -0.122. The summed E-state index contributed by atoms with van der Waals surface area (Å²) in [7, 11) is 0. The van der Waals surface area contributed by atoms with Crippen molar-refractivity contribution in [3.8, 4) is 0 Å². The molecule has 0 saturated carbocycles. The molecule has 106 valence electrons. The summed E-state index contributed by atoms with van der Waals surface area (Å²) in [6.07, 6.45) is 2.65. The summed E-state index contributed by atoms with van der Waals surface area (Å²) in [6.45, 7) is 11.2. The van der Waals surface area contributed by atoms with Gasteiger partial charge in [0.25, 0.3) is 0 Å². The third-order valence-corrected chi connectivity index (χ3v) is 3.34. The van der Waals surface area contributed by atoms with Gasteiger partial charge in [-0.3, -0.25) is 9.69 Å². The molecule has 1 N–H and O–H groups in total. The summed E-state index contributed by atoms with van der Waals surface area (Å²) in [5.41, 5.74) is 0. The molecule has 1 saturated heterocycles. The molecular formula is C14H28N2O2. The van der Waals surface area contributed by atoms with Crippen molar-refractivity contribution in [3.05, 3.63) is 0 Å². The Morgan fingerprint density at radius 2 is 1.89 bits per heavy atom. The van der Waals surface area contributed by atoms with Crippen molar-refractivity contribution in [2.24, 2.45) is 5.92 Å². The summed E-state index contributed by atoms with van der Waals surface area (Å²) in [5.74, 6) is 0.789. The summed E-state index contributed by atoms with van der Waals surface area (Å²) in [4.78, 5) is 14.1. The Kier molecular flexibility index (Phi) is 7.28. The van der Waals surface area contributed by atoms with Gasteiger partial charge in [-0.1, -0.05) is 13.8 Å². The quantitative estimate of drug-likeness (QED) is 0.753. The van der Waals surface area contributed by atoms with Gasteiger partial charge in [0.05, 0.1) is 13.2 Å². The van der Waals surface area contributed by atoms with E-state index in [1.54, 1.807) is 0 Å². The first kappa shape index (κ1) is 15.4. The Bertz CT molecular complexity index is 238. The average molecular weight is 256 g/mol. The zero-order valence-electron chi connectivity index (χ0n) is 12.1. The van der Waals surface area contributed by atoms with Crippen LogP contribution >= 0.6 is 0 Å². The molecule has 0 aliphatic carbocycles. The molecule has 1 aliphatic heterocycles. The van der Waals surface area contributed by atoms with Gasteiger partial charge in [0.1, 0.15) is 0 Å². The standard InChI is InChI=1S/C14H28N2O2/c1-12(2)4-5-14(17)15-13(3)6-7-16-8-10-18-11-9-16/h12-13H,4-11H2,1-3H3,(H,15,17)/t13-/m1/s1. The molecule has 18 heavy (non-hydrogen) atoms. The highest BCUT2D eigenvalue weighted by atomic mass is 16.5. The van der Waals surface area contributed by atoms with Gasteiger partial charge in [-0.2, -0.15) is 0 Å². The van der Waals surface area contributed by atoms with E-state index < -0.39 is 0 Å². The molecule has 0 aromatic heterocycles. The number of nitrogens with one attached hydrogen (secondary N) is 1. The van der Waals surface area contributed by atoms with Crippen LogP contribution in [0.4, 0.5) is 0 Å². The van der Waals surface area contributed by atoms with E-state index in [2.05, 4.69) is 31.0 Å². The molecule has 4 nitrogen and oxygen atoms in total. The van der Waals surface area contributed by atoms with Crippen LogP contribution in [0.15, 0.2) is 0 Å². The number of nitrogens with zero attached hydrogens (tertiary/aromatic N) is 1. The van der Waals surface area contributed by atoms with Crippen LogP contribution in [0.3, 0.4) is 0 Å². The zero-order valence-corrected chi connectivity index (χ0v) is 12.1. The van der Waals surface area contributed by atoms with Gasteiger partial charge in [0.2, 0.25) is 5.91 Å². The van der Waals surface area contributed by atoms with E-state index in [0.29, 0.717) is 12.3 Å². The number of morpholine rings is 1. The second-order valence-electron chi connectivity index (χ2n) is 5.64. The fourth-order valence-corrected chi connectivity index (χ4v) is 2.04. The minimum absolute atomic E-state index is 0.193. The molecule has 1 amide bonds. The molecule has 1 rings (SSSR count). The molecule has 1 fully saturated rings. The van der Waals surface area contributed by atoms with Gasteiger partial charge in [-0.15, -0.1) is 0 Å². The second-order valence-corrected chi connectivity index (χ2v) is 5.64. The molecule has 4 heteroatoms. The van der Waals surface area contributed by atoms with E-state index in [-0.39, 0.29) is 11.9 Å². The van der Waals surface area contributed by atoms with Crippen molar-refractivity contribution in [1.82, 2.24) is 10.2 Å². The smallest absolute Gasteiger partial charge is 0.220 e. The monoisotopic (exact) mass is 256 g/mol. The van der Waals surface area contributed by atoms with Crippen molar-refractivity contribution in [1.29, 1.82) is 0 Å². The minimum Gasteiger partial charge on any atom is -0.379 e. The Morgan fingerprint density at radius 3 is 2.50 bits per heavy atom. The van der Waals surface area contributed by atoms with E-state index in [0.717, 1.165) is 45.7 Å². The molecule has 0 unspecified atom stereocenters. The Labute approximate surface area is 111 Å². The maximum atomic E-state index is 11.7. The number of hydrogen-bond donors (Lipinski definition) is 1. The summed E-state index contributed by atoms with van der Waals surface area (Å²) in [6, 6.07) is 0.271. The van der Waals surface area contributed by atoms with Crippen LogP contribution in [0.1, 0.15) is 40.0 Å². The van der Waals surface area contributed by atoms with Crippen molar-refractivity contribution in [2.45, 2.75) is 46.1 Å². The summed E-state index contributed by atoms with van der Waals surface area (Å²) in [5, 5.41) is 3.08. The van der Waals surface area contributed by atoms with Crippen molar-refractivity contribution < 1.29 is 9.53 Å². The lowest BCUT2D eigenvalue weighted by Crippen LogP contribution is -2.40. The SMILES string of the molecule is CC(C)CCC(=O)N[C@H](C)CCN1CCOCC1. The highest BCUT2D eigenvalue weighted by Gasteiger charge is 2.13. The molecule has 0 aromatic carbocycles. The molecule has 0 bridgehead atoms. The highest BCUT2D eigenvalue weighted by Crippen LogP contribution is 2.04. The van der Waals surface area contributed by atoms with Gasteiger partial charge >= 0.3 is 0 Å². The van der Waals surface area contributed by atoms with Crippen molar-refractivity contribution in [2.75, 3.05) is 32.8 Å². The number of rotatable bonds is 7. The topological polar surface area (TPSA) is 41.6 Å². The Morgan fingerprint density at radius 1 is 1.22 bits per heavy atom. The third kappa shape index (κ3) is 6.97. The molecule has 1 heterocycles. The zero-order chi connectivity index (χ0) is 13.4. The number of carbonyl (C=O) groups excluding carboxylic acids is 1. The minimum atomic E-state index is 0.193. The number of amides is 1. The van der Waals surface area contributed by atoms with E-state index in [1.807, 2.05) is 0 Å². The molecule has 0 spiro atoms. The first-order valence-corrected chi connectivity index (χ1v) is 7.17. The van der Waals surface area contributed by atoms with Crippen LogP contribution in [0.25, 0.3) is 0 Å². The lowest BCUT2D eigenvalue weighted by atomic mass is 10.1. The molecule has 1 aliphatic rings. The predicted octanol–water partition coefficient (Wildman–Crippen LogP) is 1.65. The summed E-state index contributed by atoms with van der Waals surface area (Å²) < 4.78 is 5.31. The third-order valence-electron chi connectivity index (χ3n) is 3.34. The van der Waals surface area contributed by atoms with Crippen LogP contribution in [-0.4, -0.2) is 49.7 Å². The first-order valence-electron chi connectivity index (χ1n) is 7.17. The molecule has 0 radical (unpaired) electrons. The van der Waals surface area contributed by atoms with E-state index in [4.69, 9.17) is 4.74 Å². The van der Waals surface area contributed by atoms with Crippen LogP contribution in [0, 0.1) is 5.92 Å². The van der Waals surface area contributed by atoms with Crippen LogP contribution in [0.5, 0.6) is 0 Å². The van der Waals surface area contributed by atoms with E-state index >= 15 is 0 Å². The number of carbonyl (C=O) groups is 1. The maximum absolute atomic E-state index is 11.7. The fraction of sp³-hybridized carbons (Fsp3) is 0.929. The second kappa shape index (κ2) is 8.48. The Hall–Kier alpha value is -0.610. The van der Waals surface area contributed by atoms with Gasteiger partial charge in [-0.25, -0.2) is 0 Å². The normalized spacial score (nSPS) is 18.9.